The average molecular weight is 633 g/mol. The topological polar surface area (TPSA) is 37.9 Å². The zero-order valence-corrected chi connectivity index (χ0v) is 27.6. The van der Waals surface area contributed by atoms with Crippen LogP contribution in [0.3, 0.4) is 0 Å². The fourth-order valence-corrected chi connectivity index (χ4v) is 15.6. The normalized spacial score (nSPS) is 19.8. The molecule has 0 spiro atoms. The van der Waals surface area contributed by atoms with Crippen LogP contribution in [-0.2, 0) is 12.0 Å². The van der Waals surface area contributed by atoms with Crippen LogP contribution in [0.15, 0.2) is 59.4 Å². The molecule has 1 aliphatic carbocycles. The Labute approximate surface area is 243 Å². The number of nitrogens with zero attached hydrogens (tertiary/aromatic N) is 3. The van der Waals surface area contributed by atoms with Crippen LogP contribution in [0, 0.1) is 6.42 Å². The zero-order chi connectivity index (χ0) is 27.7. The minimum atomic E-state index is -0.839. The van der Waals surface area contributed by atoms with Crippen molar-refractivity contribution >= 4 is 30.7 Å². The van der Waals surface area contributed by atoms with Crippen molar-refractivity contribution < 1.29 is 0 Å². The fraction of sp³-hybridized carbons (Fsp3) is 0.559. The molecule has 2 aliphatic rings. The van der Waals surface area contributed by atoms with Crippen molar-refractivity contribution in [1.29, 1.82) is 0 Å². The second-order valence-corrected chi connectivity index (χ2v) is 19.7. The summed E-state index contributed by atoms with van der Waals surface area (Å²) in [5, 5.41) is 2.90. The smallest absolute Gasteiger partial charge is 0.280 e. The molecule has 2 aromatic carbocycles. The number of aromatic nitrogens is 2. The van der Waals surface area contributed by atoms with Crippen LogP contribution in [0.2, 0.25) is 13.3 Å². The van der Waals surface area contributed by atoms with Gasteiger partial charge in [0, 0.05) is 6.42 Å². The predicted octanol–water partition coefficient (Wildman–Crippen LogP) is 8.32. The monoisotopic (exact) mass is 634 g/mol. The molecular weight excluding hydrogens is 585 g/mol. The van der Waals surface area contributed by atoms with E-state index in [0.717, 1.165) is 30.6 Å². The molecule has 1 saturated heterocycles. The van der Waals surface area contributed by atoms with Gasteiger partial charge >= 0.3 is 92.4 Å². The third-order valence-electron chi connectivity index (χ3n) is 8.39. The summed E-state index contributed by atoms with van der Waals surface area (Å²) in [6, 6.07) is 18.3. The summed E-state index contributed by atoms with van der Waals surface area (Å²) in [4.78, 5) is 18.2. The van der Waals surface area contributed by atoms with Gasteiger partial charge in [-0.15, -0.1) is 0 Å². The number of hydrogen-bond donors (Lipinski definition) is 0. The van der Waals surface area contributed by atoms with Gasteiger partial charge in [0.1, 0.15) is 5.82 Å². The maximum absolute atomic E-state index is 13.4. The first kappa shape index (κ1) is 30.1. The number of para-hydroxylation sites is 1. The summed E-state index contributed by atoms with van der Waals surface area (Å²) in [5.74, 6) is 0.820. The largest absolute Gasteiger partial charge is 0.448 e. The molecule has 2 unspecified atom stereocenters. The first-order valence-electron chi connectivity index (χ1n) is 15.5. The molecule has 209 valence electrons. The minimum Gasteiger partial charge on any atom is -0.448 e. The van der Waals surface area contributed by atoms with E-state index in [-0.39, 0.29) is 17.1 Å². The van der Waals surface area contributed by atoms with Crippen molar-refractivity contribution in [3.8, 4) is 0 Å². The van der Waals surface area contributed by atoms with Crippen molar-refractivity contribution in [2.45, 2.75) is 117 Å². The second kappa shape index (κ2) is 14.7. The minimum absolute atomic E-state index is 0.0268. The van der Waals surface area contributed by atoms with Gasteiger partial charge in [0.25, 0.3) is 5.56 Å². The molecule has 5 rings (SSSR count). The van der Waals surface area contributed by atoms with Gasteiger partial charge in [0.15, 0.2) is 0 Å². The summed E-state index contributed by atoms with van der Waals surface area (Å²) in [7, 11) is 0. The summed E-state index contributed by atoms with van der Waals surface area (Å²) in [6.07, 6.45) is 16.3. The Kier molecular flexibility index (Phi) is 11.4. The maximum atomic E-state index is 13.4. The molecule has 1 aliphatic heterocycles. The maximum Gasteiger partial charge on any atom is 0.280 e. The number of benzene rings is 2. The second-order valence-electron chi connectivity index (χ2n) is 11.2. The van der Waals surface area contributed by atoms with E-state index >= 15 is 0 Å². The van der Waals surface area contributed by atoms with E-state index in [9.17, 15) is 4.79 Å². The molecule has 4 nitrogen and oxygen atoms in total. The Morgan fingerprint density at radius 2 is 1.51 bits per heavy atom. The van der Waals surface area contributed by atoms with E-state index in [1.165, 1.54) is 44.1 Å². The van der Waals surface area contributed by atoms with E-state index in [1.54, 1.807) is 13.3 Å². The van der Waals surface area contributed by atoms with Gasteiger partial charge < -0.3 is 11.4 Å². The summed E-state index contributed by atoms with van der Waals surface area (Å²) >= 11 is -0.839. The Morgan fingerprint density at radius 3 is 2.13 bits per heavy atom. The Morgan fingerprint density at radius 1 is 0.897 bits per heavy atom. The zero-order valence-electron chi connectivity index (χ0n) is 24.7. The molecule has 1 saturated carbocycles. The van der Waals surface area contributed by atoms with E-state index in [1.807, 2.05) is 35.0 Å². The summed E-state index contributed by atoms with van der Waals surface area (Å²) in [5.41, 5.74) is 1.91. The third kappa shape index (κ3) is 6.74. The van der Waals surface area contributed by atoms with Gasteiger partial charge in [-0.1, -0.05) is 61.9 Å². The SMILES string of the molecule is CCC[CH2][Sn+]([CH2]CCC)[CH2]CCC.CCc1nc2ccccc2c(=O)n1N1C2[C-]CCCC21c1ccccc1. The molecule has 39 heavy (non-hydrogen) atoms. The standard InChI is InChI=1S/C22H21N3O.3C4H9.Sn/c1-2-20-23-18-13-7-6-12-17(18)21(26)24(20)25-19-14-8-9-15-22(19,25)16-10-4-3-5-11-16;3*1-3-4-2;/h3-7,10-13,19H,2,8-9,15H2,1H3;3*1,3-4H2,2H3;/q-1;;;;+1. The van der Waals surface area contributed by atoms with Crippen LogP contribution in [-0.4, -0.2) is 35.5 Å². The average Bonchev–Trinajstić information content (AvgIpc) is 3.67. The predicted molar refractivity (Wildman–Crippen MR) is 167 cm³/mol. The van der Waals surface area contributed by atoms with Crippen LogP contribution in [0.25, 0.3) is 10.9 Å². The molecule has 1 aromatic heterocycles. The van der Waals surface area contributed by atoms with Crippen molar-refractivity contribution in [3.05, 3.63) is 82.8 Å². The van der Waals surface area contributed by atoms with Crippen molar-refractivity contribution in [2.24, 2.45) is 0 Å². The number of rotatable bonds is 12. The van der Waals surface area contributed by atoms with Gasteiger partial charge in [-0.25, -0.2) is 16.1 Å². The van der Waals surface area contributed by atoms with Crippen LogP contribution in [0.4, 0.5) is 0 Å². The molecule has 1 radical (unpaired) electrons. The van der Waals surface area contributed by atoms with Gasteiger partial charge in [-0.2, -0.15) is 0 Å². The first-order valence-corrected chi connectivity index (χ1v) is 21.6. The van der Waals surface area contributed by atoms with Gasteiger partial charge in [0.05, 0.1) is 16.4 Å². The number of fused-ring (bicyclic) bond motifs is 2. The molecule has 2 atom stereocenters. The summed E-state index contributed by atoms with van der Waals surface area (Å²) < 4.78 is 6.87. The number of hydrogen-bond acceptors (Lipinski definition) is 3. The molecule has 0 amide bonds. The molecule has 5 heteroatoms. The molecular formula is C34H48N3OSn. The molecule has 2 fully saturated rings. The van der Waals surface area contributed by atoms with E-state index in [0.29, 0.717) is 11.8 Å². The van der Waals surface area contributed by atoms with Crippen LogP contribution >= 0.6 is 0 Å². The van der Waals surface area contributed by atoms with Gasteiger partial charge in [-0.05, 0) is 24.1 Å². The van der Waals surface area contributed by atoms with Crippen molar-refractivity contribution in [3.63, 3.8) is 0 Å². The number of aryl methyl sites for hydroxylation is 1. The van der Waals surface area contributed by atoms with E-state index in [4.69, 9.17) is 4.98 Å². The Hall–Kier alpha value is -1.82. The Bertz CT molecular complexity index is 1210. The molecule has 3 aromatic rings. The van der Waals surface area contributed by atoms with Crippen LogP contribution < -0.4 is 10.6 Å². The molecule has 0 bridgehead atoms. The van der Waals surface area contributed by atoms with Gasteiger partial charge in [0.2, 0.25) is 0 Å². The summed E-state index contributed by atoms with van der Waals surface area (Å²) in [6.45, 7) is 9.06. The number of unbranched alkanes of at least 4 members (excludes halogenated alkanes) is 3. The van der Waals surface area contributed by atoms with Gasteiger partial charge in [-0.3, -0.25) is 4.79 Å². The van der Waals surface area contributed by atoms with E-state index in [2.05, 4.69) is 63.4 Å². The molecule has 2 heterocycles. The Balaban J connectivity index is 0.000000233. The quantitative estimate of drug-likeness (QED) is 0.114. The first-order chi connectivity index (χ1) is 19.1. The van der Waals surface area contributed by atoms with Crippen molar-refractivity contribution in [1.82, 2.24) is 9.66 Å². The van der Waals surface area contributed by atoms with Crippen molar-refractivity contribution in [2.75, 3.05) is 5.01 Å². The molecule has 0 N–H and O–H groups in total. The van der Waals surface area contributed by atoms with Crippen LogP contribution in [0.5, 0.6) is 0 Å². The van der Waals surface area contributed by atoms with E-state index < -0.39 is 19.8 Å². The fourth-order valence-electron chi connectivity index (χ4n) is 6.15. The third-order valence-corrected chi connectivity index (χ3v) is 17.5. The van der Waals surface area contributed by atoms with Crippen LogP contribution in [0.1, 0.15) is 96.9 Å².